The van der Waals surface area contributed by atoms with Crippen LogP contribution in [0.2, 0.25) is 0 Å². The second kappa shape index (κ2) is 6.53. The summed E-state index contributed by atoms with van der Waals surface area (Å²) in [5, 5.41) is 0. The van der Waals surface area contributed by atoms with Crippen molar-refractivity contribution in [1.82, 2.24) is 0 Å². The molecule has 2 bridgehead atoms. The first-order valence-electron chi connectivity index (χ1n) is 9.47. The van der Waals surface area contributed by atoms with E-state index in [1.165, 1.54) is 6.08 Å². The third-order valence-corrected chi connectivity index (χ3v) is 6.50. The summed E-state index contributed by atoms with van der Waals surface area (Å²) in [4.78, 5) is 24.5. The smallest absolute Gasteiger partial charge is 0.330 e. The first-order valence-corrected chi connectivity index (χ1v) is 9.47. The molecule has 0 radical (unpaired) electrons. The first kappa shape index (κ1) is 17.5. The second-order valence-corrected chi connectivity index (χ2v) is 8.35. The molecule has 0 aliphatic heterocycles. The second-order valence-electron chi connectivity index (χ2n) is 8.35. The van der Waals surface area contributed by atoms with Crippen molar-refractivity contribution in [3.05, 3.63) is 12.7 Å². The molecule has 0 heterocycles. The van der Waals surface area contributed by atoms with E-state index in [-0.39, 0.29) is 29.4 Å². The van der Waals surface area contributed by atoms with Gasteiger partial charge in [-0.05, 0) is 76.5 Å². The van der Waals surface area contributed by atoms with Crippen molar-refractivity contribution in [3.63, 3.8) is 0 Å². The van der Waals surface area contributed by atoms with Crippen LogP contribution in [0, 0.1) is 17.8 Å². The largest absolute Gasteiger partial charge is 0.459 e. The lowest BCUT2D eigenvalue weighted by molar-refractivity contribution is -0.167. The summed E-state index contributed by atoms with van der Waals surface area (Å²) in [5.74, 6) is 0.321. The number of hydrogen-bond acceptors (Lipinski definition) is 4. The summed E-state index contributed by atoms with van der Waals surface area (Å²) < 4.78 is 11.7. The molecule has 3 aliphatic rings. The SMILES string of the molecule is C=CC(=O)OC1(C)CC2CC(C1)C(C(=O)OC1(CC)CCCC1)C2. The van der Waals surface area contributed by atoms with E-state index >= 15 is 0 Å². The molecule has 3 fully saturated rings. The van der Waals surface area contributed by atoms with Crippen LogP contribution in [0.15, 0.2) is 12.7 Å². The highest BCUT2D eigenvalue weighted by Gasteiger charge is 2.51. The number of esters is 2. The fourth-order valence-electron chi connectivity index (χ4n) is 5.37. The number of hydrogen-bond donors (Lipinski definition) is 0. The molecule has 0 N–H and O–H groups in total. The molecule has 4 nitrogen and oxygen atoms in total. The van der Waals surface area contributed by atoms with Crippen molar-refractivity contribution in [3.8, 4) is 0 Å². The van der Waals surface area contributed by atoms with Gasteiger partial charge in [0.2, 0.25) is 0 Å². The van der Waals surface area contributed by atoms with Gasteiger partial charge in [-0.3, -0.25) is 4.79 Å². The Bertz CT molecular complexity index is 520. The lowest BCUT2D eigenvalue weighted by Gasteiger charge is -2.37. The van der Waals surface area contributed by atoms with Crippen molar-refractivity contribution >= 4 is 11.9 Å². The summed E-state index contributed by atoms with van der Waals surface area (Å²) in [6.07, 6.45) is 9.99. The van der Waals surface area contributed by atoms with Crippen LogP contribution in [0.3, 0.4) is 0 Å². The van der Waals surface area contributed by atoms with Gasteiger partial charge in [0, 0.05) is 6.08 Å². The van der Waals surface area contributed by atoms with Crippen LogP contribution in [0.5, 0.6) is 0 Å². The Kier molecular flexibility index (Phi) is 4.76. The van der Waals surface area contributed by atoms with E-state index in [0.29, 0.717) is 5.92 Å². The van der Waals surface area contributed by atoms with Gasteiger partial charge in [0.25, 0.3) is 0 Å². The fraction of sp³-hybridized carbons (Fsp3) is 0.800. The van der Waals surface area contributed by atoms with Crippen LogP contribution < -0.4 is 0 Å². The predicted octanol–water partition coefficient (Wildman–Crippen LogP) is 4.18. The van der Waals surface area contributed by atoms with Gasteiger partial charge in [0.15, 0.2) is 0 Å². The van der Waals surface area contributed by atoms with Gasteiger partial charge < -0.3 is 9.47 Å². The fourth-order valence-corrected chi connectivity index (χ4v) is 5.37. The van der Waals surface area contributed by atoms with E-state index in [0.717, 1.165) is 57.8 Å². The van der Waals surface area contributed by atoms with Crippen molar-refractivity contribution in [1.29, 1.82) is 0 Å². The number of rotatable bonds is 5. The molecule has 0 amide bonds. The molecule has 0 aromatic carbocycles. The monoisotopic (exact) mass is 334 g/mol. The molecule has 0 aromatic heterocycles. The zero-order chi connectivity index (χ0) is 17.4. The highest BCUT2D eigenvalue weighted by atomic mass is 16.6. The van der Waals surface area contributed by atoms with Crippen LogP contribution in [0.25, 0.3) is 0 Å². The average molecular weight is 334 g/mol. The summed E-state index contributed by atoms with van der Waals surface area (Å²) in [6, 6.07) is 0. The van der Waals surface area contributed by atoms with Crippen LogP contribution in [-0.4, -0.2) is 23.1 Å². The topological polar surface area (TPSA) is 52.6 Å². The van der Waals surface area contributed by atoms with E-state index < -0.39 is 5.60 Å². The lowest BCUT2D eigenvalue weighted by Crippen LogP contribution is -2.39. The highest BCUT2D eigenvalue weighted by molar-refractivity contribution is 5.81. The van der Waals surface area contributed by atoms with Gasteiger partial charge in [0.1, 0.15) is 11.2 Å². The number of fused-ring (bicyclic) bond motifs is 2. The van der Waals surface area contributed by atoms with Gasteiger partial charge in [0.05, 0.1) is 5.92 Å². The number of carbonyl (C=O) groups is 2. The number of carbonyl (C=O) groups excluding carboxylic acids is 2. The van der Waals surface area contributed by atoms with Gasteiger partial charge in [-0.1, -0.05) is 13.5 Å². The maximum Gasteiger partial charge on any atom is 0.330 e. The Morgan fingerprint density at radius 1 is 1.17 bits per heavy atom. The van der Waals surface area contributed by atoms with E-state index in [2.05, 4.69) is 13.5 Å². The Hall–Kier alpha value is -1.32. The van der Waals surface area contributed by atoms with Gasteiger partial charge in [-0.15, -0.1) is 0 Å². The Balaban J connectivity index is 1.65. The lowest BCUT2D eigenvalue weighted by atomic mass is 9.77. The summed E-state index contributed by atoms with van der Waals surface area (Å²) in [7, 11) is 0. The summed E-state index contributed by atoms with van der Waals surface area (Å²) in [5.41, 5.74) is -0.684. The molecule has 0 aromatic rings. The van der Waals surface area contributed by atoms with E-state index in [4.69, 9.17) is 9.47 Å². The minimum Gasteiger partial charge on any atom is -0.459 e. The molecular formula is C20H30O4. The molecule has 0 spiro atoms. The van der Waals surface area contributed by atoms with Crippen molar-refractivity contribution < 1.29 is 19.1 Å². The Labute approximate surface area is 145 Å². The van der Waals surface area contributed by atoms with Crippen molar-refractivity contribution in [2.45, 2.75) is 82.8 Å². The predicted molar refractivity (Wildman–Crippen MR) is 91.2 cm³/mol. The third-order valence-electron chi connectivity index (χ3n) is 6.50. The quantitative estimate of drug-likeness (QED) is 0.559. The van der Waals surface area contributed by atoms with E-state index in [1.54, 1.807) is 0 Å². The summed E-state index contributed by atoms with van der Waals surface area (Å²) in [6.45, 7) is 7.59. The molecule has 4 atom stereocenters. The zero-order valence-electron chi connectivity index (χ0n) is 15.0. The zero-order valence-corrected chi connectivity index (χ0v) is 15.0. The van der Waals surface area contributed by atoms with Crippen molar-refractivity contribution in [2.24, 2.45) is 17.8 Å². The van der Waals surface area contributed by atoms with Gasteiger partial charge in [-0.25, -0.2) is 4.79 Å². The van der Waals surface area contributed by atoms with Gasteiger partial charge in [-0.2, -0.15) is 0 Å². The van der Waals surface area contributed by atoms with Crippen LogP contribution in [-0.2, 0) is 19.1 Å². The first-order chi connectivity index (χ1) is 11.4. The van der Waals surface area contributed by atoms with E-state index in [1.807, 2.05) is 6.92 Å². The maximum absolute atomic E-state index is 12.9. The van der Waals surface area contributed by atoms with Crippen LogP contribution >= 0.6 is 0 Å². The molecule has 24 heavy (non-hydrogen) atoms. The number of ether oxygens (including phenoxy) is 2. The minimum absolute atomic E-state index is 0.00875. The van der Waals surface area contributed by atoms with Gasteiger partial charge >= 0.3 is 11.9 Å². The maximum atomic E-state index is 12.9. The Morgan fingerprint density at radius 3 is 2.50 bits per heavy atom. The molecule has 3 aliphatic carbocycles. The molecule has 4 unspecified atom stereocenters. The normalized spacial score (nSPS) is 37.0. The third kappa shape index (κ3) is 3.38. The molecule has 3 saturated carbocycles. The summed E-state index contributed by atoms with van der Waals surface area (Å²) >= 11 is 0. The van der Waals surface area contributed by atoms with Crippen LogP contribution in [0.1, 0.15) is 71.6 Å². The molecule has 4 heteroatoms. The molecule has 134 valence electrons. The van der Waals surface area contributed by atoms with Crippen LogP contribution in [0.4, 0.5) is 0 Å². The average Bonchev–Trinajstić information content (AvgIpc) is 3.11. The molecular weight excluding hydrogens is 304 g/mol. The Morgan fingerprint density at radius 2 is 1.88 bits per heavy atom. The molecule has 0 saturated heterocycles. The molecule has 3 rings (SSSR count). The highest BCUT2D eigenvalue weighted by Crippen LogP contribution is 2.52. The van der Waals surface area contributed by atoms with E-state index in [9.17, 15) is 9.59 Å². The minimum atomic E-state index is -0.469. The van der Waals surface area contributed by atoms with Crippen molar-refractivity contribution in [2.75, 3.05) is 0 Å². The standard InChI is InChI=1S/C20H30O4/c1-4-17(21)23-19(3)12-14-10-15(13-19)16(11-14)18(22)24-20(5-2)8-6-7-9-20/h4,14-16H,1,5-13H2,2-3H3.